The summed E-state index contributed by atoms with van der Waals surface area (Å²) in [7, 11) is 0. The fourth-order valence-corrected chi connectivity index (χ4v) is 4.59. The number of carbonyl (C=O) groups is 1. The normalized spacial score (nSPS) is 22.8. The predicted octanol–water partition coefficient (Wildman–Crippen LogP) is 4.71. The van der Waals surface area contributed by atoms with Crippen LogP contribution in [0.25, 0.3) is 0 Å². The van der Waals surface area contributed by atoms with Gasteiger partial charge in [0.2, 0.25) is 0 Å². The Morgan fingerprint density at radius 1 is 1.12 bits per heavy atom. The first-order chi connectivity index (χ1) is 15.0. The van der Waals surface area contributed by atoms with Crippen molar-refractivity contribution in [1.29, 1.82) is 0 Å². The number of nitrogens with zero attached hydrogens (tertiary/aromatic N) is 3. The number of hydrogen-bond donors (Lipinski definition) is 1. The molecular weight excluding hydrogens is 421 g/mol. The van der Waals surface area contributed by atoms with Gasteiger partial charge in [0.25, 0.3) is 0 Å². The molecule has 2 heterocycles. The summed E-state index contributed by atoms with van der Waals surface area (Å²) in [5, 5.41) is 7.39. The maximum atomic E-state index is 12.4. The standard InChI is InChI=1S/C23H37F3N4O2/c1-22(2,3)32-21(31)27-19-6-4-17(5-7-19)8-12-29-13-9-18-16-30(15-11-23(24,25)26)28-20(18)10-14-29/h16-17,19H,4-15H2,1-3H3,(H,27,31). The molecule has 1 fully saturated rings. The molecule has 0 radical (unpaired) electrons. The lowest BCUT2D eigenvalue weighted by molar-refractivity contribution is -0.137. The van der Waals surface area contributed by atoms with Crippen LogP contribution < -0.4 is 5.32 Å². The molecule has 3 rings (SSSR count). The zero-order chi connectivity index (χ0) is 23.4. The lowest BCUT2D eigenvalue weighted by Gasteiger charge is -2.31. The Labute approximate surface area is 188 Å². The van der Waals surface area contributed by atoms with Gasteiger partial charge in [-0.25, -0.2) is 4.79 Å². The van der Waals surface area contributed by atoms with Crippen molar-refractivity contribution < 1.29 is 22.7 Å². The van der Waals surface area contributed by atoms with Crippen LogP contribution in [0.5, 0.6) is 0 Å². The van der Waals surface area contributed by atoms with E-state index in [1.54, 1.807) is 6.20 Å². The molecule has 1 aliphatic carbocycles. The zero-order valence-corrected chi connectivity index (χ0v) is 19.5. The molecule has 0 unspecified atom stereocenters. The predicted molar refractivity (Wildman–Crippen MR) is 116 cm³/mol. The van der Waals surface area contributed by atoms with Gasteiger partial charge in [0.15, 0.2) is 0 Å². The molecule has 32 heavy (non-hydrogen) atoms. The fourth-order valence-electron chi connectivity index (χ4n) is 4.59. The highest BCUT2D eigenvalue weighted by atomic mass is 19.4. The minimum atomic E-state index is -4.15. The third-order valence-electron chi connectivity index (χ3n) is 6.33. The van der Waals surface area contributed by atoms with Crippen LogP contribution in [-0.2, 0) is 24.1 Å². The molecular formula is C23H37F3N4O2. The molecule has 9 heteroatoms. The van der Waals surface area contributed by atoms with Crippen LogP contribution in [0.1, 0.15) is 70.6 Å². The molecule has 6 nitrogen and oxygen atoms in total. The smallest absolute Gasteiger partial charge is 0.407 e. The number of amides is 1. The lowest BCUT2D eigenvalue weighted by atomic mass is 9.84. The van der Waals surface area contributed by atoms with Crippen LogP contribution >= 0.6 is 0 Å². The number of nitrogens with one attached hydrogen (secondary N) is 1. The minimum absolute atomic E-state index is 0.105. The van der Waals surface area contributed by atoms with E-state index in [2.05, 4.69) is 15.3 Å². The molecule has 1 aromatic rings. The Balaban J connectivity index is 1.35. The lowest BCUT2D eigenvalue weighted by Crippen LogP contribution is -2.41. The molecule has 2 aliphatic rings. The Kier molecular flexibility index (Phi) is 8.11. The number of aryl methyl sites for hydroxylation is 1. The second kappa shape index (κ2) is 10.4. The molecule has 1 aliphatic heterocycles. The summed E-state index contributed by atoms with van der Waals surface area (Å²) in [6.07, 6.45) is 3.45. The van der Waals surface area contributed by atoms with Crippen molar-refractivity contribution in [3.05, 3.63) is 17.5 Å². The van der Waals surface area contributed by atoms with E-state index < -0.39 is 18.2 Å². The molecule has 1 N–H and O–H groups in total. The van der Waals surface area contributed by atoms with Crippen molar-refractivity contribution >= 4 is 6.09 Å². The summed E-state index contributed by atoms with van der Waals surface area (Å²) in [5.41, 5.74) is 1.56. The van der Waals surface area contributed by atoms with Crippen LogP contribution in [0.15, 0.2) is 6.20 Å². The highest BCUT2D eigenvalue weighted by Crippen LogP contribution is 2.28. The van der Waals surface area contributed by atoms with E-state index in [0.29, 0.717) is 5.92 Å². The molecule has 1 saturated carbocycles. The highest BCUT2D eigenvalue weighted by molar-refractivity contribution is 5.68. The van der Waals surface area contributed by atoms with Crippen LogP contribution in [-0.4, -0.2) is 58.2 Å². The quantitative estimate of drug-likeness (QED) is 0.671. The highest BCUT2D eigenvalue weighted by Gasteiger charge is 2.28. The number of ether oxygens (including phenoxy) is 1. The summed E-state index contributed by atoms with van der Waals surface area (Å²) in [5.74, 6) is 0.670. The third-order valence-corrected chi connectivity index (χ3v) is 6.33. The molecule has 0 bridgehead atoms. The van der Waals surface area contributed by atoms with E-state index in [0.717, 1.165) is 75.8 Å². The number of halogens is 3. The molecule has 0 spiro atoms. The monoisotopic (exact) mass is 458 g/mol. The van der Waals surface area contributed by atoms with Gasteiger partial charge in [-0.3, -0.25) is 4.68 Å². The molecule has 0 atom stereocenters. The summed E-state index contributed by atoms with van der Waals surface area (Å²) in [6, 6.07) is 0.198. The SMILES string of the molecule is CC(C)(C)OC(=O)NC1CCC(CCN2CCc3cn(CCC(F)(F)F)nc3CC2)CC1. The minimum Gasteiger partial charge on any atom is -0.444 e. The topological polar surface area (TPSA) is 59.4 Å². The average molecular weight is 459 g/mol. The summed E-state index contributed by atoms with van der Waals surface area (Å²) in [6.45, 7) is 8.36. The van der Waals surface area contributed by atoms with E-state index in [1.165, 1.54) is 4.68 Å². The van der Waals surface area contributed by atoms with Gasteiger partial charge >= 0.3 is 12.3 Å². The van der Waals surface area contributed by atoms with Crippen molar-refractivity contribution in [3.63, 3.8) is 0 Å². The van der Waals surface area contributed by atoms with Gasteiger partial charge in [-0.2, -0.15) is 18.3 Å². The van der Waals surface area contributed by atoms with Crippen LogP contribution in [0.3, 0.4) is 0 Å². The summed E-state index contributed by atoms with van der Waals surface area (Å²) < 4.78 is 44.1. The van der Waals surface area contributed by atoms with E-state index in [4.69, 9.17) is 4.74 Å². The maximum Gasteiger partial charge on any atom is 0.407 e. The Morgan fingerprint density at radius 3 is 2.47 bits per heavy atom. The van der Waals surface area contributed by atoms with Gasteiger partial charge in [-0.05, 0) is 77.3 Å². The first-order valence-electron chi connectivity index (χ1n) is 11.8. The number of carbonyl (C=O) groups excluding carboxylic acids is 1. The molecule has 1 aromatic heterocycles. The fraction of sp³-hybridized carbons (Fsp3) is 0.826. The number of hydrogen-bond acceptors (Lipinski definition) is 4. The first kappa shape index (κ1) is 24.9. The number of fused-ring (bicyclic) bond motifs is 1. The first-order valence-corrected chi connectivity index (χ1v) is 11.8. The van der Waals surface area contributed by atoms with Gasteiger partial charge in [0, 0.05) is 38.3 Å². The maximum absolute atomic E-state index is 12.4. The second-order valence-corrected chi connectivity index (χ2v) is 10.2. The van der Waals surface area contributed by atoms with Crippen molar-refractivity contribution in [3.8, 4) is 0 Å². The van der Waals surface area contributed by atoms with Gasteiger partial charge in [-0.15, -0.1) is 0 Å². The number of rotatable bonds is 6. The van der Waals surface area contributed by atoms with E-state index in [9.17, 15) is 18.0 Å². The third kappa shape index (κ3) is 8.30. The van der Waals surface area contributed by atoms with Crippen molar-refractivity contribution in [2.75, 3.05) is 19.6 Å². The van der Waals surface area contributed by atoms with E-state index >= 15 is 0 Å². The zero-order valence-electron chi connectivity index (χ0n) is 19.5. The van der Waals surface area contributed by atoms with Crippen molar-refractivity contribution in [2.45, 2.75) is 96.5 Å². The average Bonchev–Trinajstić information content (AvgIpc) is 2.97. The Hall–Kier alpha value is -1.77. The van der Waals surface area contributed by atoms with Crippen LogP contribution in [0.4, 0.5) is 18.0 Å². The molecule has 1 amide bonds. The van der Waals surface area contributed by atoms with Crippen molar-refractivity contribution in [2.24, 2.45) is 5.92 Å². The van der Waals surface area contributed by atoms with Crippen LogP contribution in [0, 0.1) is 5.92 Å². The second-order valence-electron chi connectivity index (χ2n) is 10.2. The Bertz CT molecular complexity index is 724. The van der Waals surface area contributed by atoms with E-state index in [1.807, 2.05) is 20.8 Å². The summed E-state index contributed by atoms with van der Waals surface area (Å²) >= 11 is 0. The van der Waals surface area contributed by atoms with Crippen LogP contribution in [0.2, 0.25) is 0 Å². The Morgan fingerprint density at radius 2 is 1.81 bits per heavy atom. The van der Waals surface area contributed by atoms with Gasteiger partial charge < -0.3 is 15.0 Å². The number of alkyl carbamates (subject to hydrolysis) is 1. The molecule has 182 valence electrons. The van der Waals surface area contributed by atoms with Crippen molar-refractivity contribution in [1.82, 2.24) is 20.0 Å². The summed E-state index contributed by atoms with van der Waals surface area (Å²) in [4.78, 5) is 14.4. The van der Waals surface area contributed by atoms with E-state index in [-0.39, 0.29) is 18.7 Å². The van der Waals surface area contributed by atoms with Gasteiger partial charge in [-0.1, -0.05) is 0 Å². The number of aromatic nitrogens is 2. The molecule has 0 aromatic carbocycles. The number of alkyl halides is 3. The van der Waals surface area contributed by atoms with Gasteiger partial charge in [0.1, 0.15) is 5.60 Å². The molecule has 0 saturated heterocycles. The van der Waals surface area contributed by atoms with Gasteiger partial charge in [0.05, 0.1) is 12.1 Å². The largest absolute Gasteiger partial charge is 0.444 e.